The van der Waals surface area contributed by atoms with Crippen molar-refractivity contribution in [2.45, 2.75) is 39.2 Å². The zero-order chi connectivity index (χ0) is 22.4. The fraction of sp³-hybridized carbons (Fsp3) is 0.625. The molecule has 2 heterocycles. The third-order valence-electron chi connectivity index (χ3n) is 6.57. The highest BCUT2D eigenvalue weighted by Crippen LogP contribution is 2.20. The number of carbonyl (C=O) groups excluding carboxylic acids is 3. The van der Waals surface area contributed by atoms with Crippen molar-refractivity contribution < 1.29 is 14.4 Å². The fourth-order valence-corrected chi connectivity index (χ4v) is 4.31. The number of carbonyl (C=O) groups is 3. The normalized spacial score (nSPS) is 18.7. The molecule has 0 unspecified atom stereocenters. The van der Waals surface area contributed by atoms with Crippen LogP contribution in [0.25, 0.3) is 0 Å². The maximum atomic E-state index is 12.8. The van der Waals surface area contributed by atoms with Gasteiger partial charge in [-0.1, -0.05) is 18.2 Å². The van der Waals surface area contributed by atoms with Gasteiger partial charge in [0.25, 0.3) is 5.91 Å². The molecule has 0 saturated carbocycles. The van der Waals surface area contributed by atoms with Crippen molar-refractivity contribution in [2.75, 3.05) is 52.9 Å². The topological polar surface area (TPSA) is 64.2 Å². The molecule has 0 atom stereocenters. The summed E-state index contributed by atoms with van der Waals surface area (Å²) >= 11 is 0. The van der Waals surface area contributed by atoms with Gasteiger partial charge in [0.15, 0.2) is 0 Å². The Morgan fingerprint density at radius 1 is 0.935 bits per heavy atom. The molecule has 0 spiro atoms. The van der Waals surface area contributed by atoms with Gasteiger partial charge in [-0.3, -0.25) is 19.3 Å². The smallest absolute Gasteiger partial charge is 0.253 e. The number of piperidine rings is 1. The van der Waals surface area contributed by atoms with Crippen LogP contribution in [0.15, 0.2) is 30.3 Å². The minimum atomic E-state index is 0.0205. The Kier molecular flexibility index (Phi) is 8.07. The van der Waals surface area contributed by atoms with Crippen LogP contribution in [0.4, 0.5) is 0 Å². The molecule has 2 aliphatic heterocycles. The van der Waals surface area contributed by atoms with Crippen LogP contribution < -0.4 is 0 Å². The van der Waals surface area contributed by atoms with E-state index in [0.29, 0.717) is 38.3 Å². The summed E-state index contributed by atoms with van der Waals surface area (Å²) in [5, 5.41) is 0. The van der Waals surface area contributed by atoms with Gasteiger partial charge in [0.1, 0.15) is 0 Å². The molecule has 0 aliphatic carbocycles. The van der Waals surface area contributed by atoms with Crippen LogP contribution in [-0.4, -0.2) is 96.2 Å². The third-order valence-corrected chi connectivity index (χ3v) is 6.57. The summed E-state index contributed by atoms with van der Waals surface area (Å²) in [4.78, 5) is 45.8. The predicted octanol–water partition coefficient (Wildman–Crippen LogP) is 1.94. The lowest BCUT2D eigenvalue weighted by Gasteiger charge is -2.35. The quantitative estimate of drug-likeness (QED) is 0.719. The second-order valence-corrected chi connectivity index (χ2v) is 8.99. The zero-order valence-corrected chi connectivity index (χ0v) is 19.1. The second kappa shape index (κ2) is 10.8. The van der Waals surface area contributed by atoms with Crippen LogP contribution in [0.2, 0.25) is 0 Å². The summed E-state index contributed by atoms with van der Waals surface area (Å²) in [6, 6.07) is 9.57. The van der Waals surface area contributed by atoms with Gasteiger partial charge in [-0.15, -0.1) is 0 Å². The fourth-order valence-electron chi connectivity index (χ4n) is 4.31. The number of benzene rings is 1. The van der Waals surface area contributed by atoms with Crippen molar-refractivity contribution >= 4 is 17.7 Å². The first kappa shape index (κ1) is 23.3. The van der Waals surface area contributed by atoms with Crippen molar-refractivity contribution in [3.63, 3.8) is 0 Å². The molecule has 2 fully saturated rings. The van der Waals surface area contributed by atoms with Gasteiger partial charge in [-0.25, -0.2) is 0 Å². The number of rotatable bonds is 5. The van der Waals surface area contributed by atoms with Crippen LogP contribution in [-0.2, 0) is 9.59 Å². The number of amides is 3. The van der Waals surface area contributed by atoms with E-state index in [1.807, 2.05) is 65.9 Å². The van der Waals surface area contributed by atoms with Gasteiger partial charge in [0, 0.05) is 63.8 Å². The predicted molar refractivity (Wildman–Crippen MR) is 121 cm³/mol. The van der Waals surface area contributed by atoms with E-state index in [9.17, 15) is 14.4 Å². The van der Waals surface area contributed by atoms with E-state index in [1.54, 1.807) is 0 Å². The molecule has 2 aliphatic rings. The van der Waals surface area contributed by atoms with Crippen molar-refractivity contribution in [3.05, 3.63) is 35.9 Å². The Morgan fingerprint density at radius 3 is 2.26 bits per heavy atom. The summed E-state index contributed by atoms with van der Waals surface area (Å²) in [6.45, 7) is 8.60. The third kappa shape index (κ3) is 6.06. The highest BCUT2D eigenvalue weighted by atomic mass is 16.2. The highest BCUT2D eigenvalue weighted by Gasteiger charge is 2.30. The molecule has 7 nitrogen and oxygen atoms in total. The minimum absolute atomic E-state index is 0.0205. The average molecular weight is 429 g/mol. The Hall–Kier alpha value is -2.41. The summed E-state index contributed by atoms with van der Waals surface area (Å²) < 4.78 is 0. The van der Waals surface area contributed by atoms with E-state index >= 15 is 0 Å². The lowest BCUT2D eigenvalue weighted by atomic mass is 9.95. The van der Waals surface area contributed by atoms with Crippen molar-refractivity contribution in [1.82, 2.24) is 19.6 Å². The Bertz CT molecular complexity index is 759. The summed E-state index contributed by atoms with van der Waals surface area (Å²) in [5.74, 6) is 0.405. The van der Waals surface area contributed by atoms with Crippen LogP contribution in [0.1, 0.15) is 43.5 Å². The van der Waals surface area contributed by atoms with E-state index in [0.717, 1.165) is 32.4 Å². The number of nitrogens with zero attached hydrogens (tertiary/aromatic N) is 4. The van der Waals surface area contributed by atoms with Crippen molar-refractivity contribution in [1.29, 1.82) is 0 Å². The SMILES string of the molecule is CC(C)N(C)C(=O)C1CCN(C(=O)CN2CCCN(C(=O)c3ccccc3)CC2)CC1. The molecule has 1 aromatic carbocycles. The molecule has 3 amide bonds. The van der Waals surface area contributed by atoms with E-state index in [4.69, 9.17) is 0 Å². The molecule has 0 aromatic heterocycles. The van der Waals surface area contributed by atoms with Crippen LogP contribution in [0.3, 0.4) is 0 Å². The second-order valence-electron chi connectivity index (χ2n) is 8.99. The summed E-state index contributed by atoms with van der Waals surface area (Å²) in [6.07, 6.45) is 2.34. The van der Waals surface area contributed by atoms with E-state index in [1.165, 1.54) is 0 Å². The highest BCUT2D eigenvalue weighted by molar-refractivity contribution is 5.94. The van der Waals surface area contributed by atoms with Gasteiger partial charge in [0.05, 0.1) is 6.54 Å². The molecule has 7 heteroatoms. The average Bonchev–Trinajstić information content (AvgIpc) is 3.03. The molecular weight excluding hydrogens is 392 g/mol. The standard InChI is InChI=1S/C24H36N4O3/c1-19(2)25(3)23(30)21-10-14-27(15-11-21)22(29)18-26-12-7-13-28(17-16-26)24(31)20-8-5-4-6-9-20/h4-6,8-9,19,21H,7,10-18H2,1-3H3. The Morgan fingerprint density at radius 2 is 1.61 bits per heavy atom. The van der Waals surface area contributed by atoms with Crippen LogP contribution in [0, 0.1) is 5.92 Å². The molecule has 0 bridgehead atoms. The summed E-state index contributed by atoms with van der Waals surface area (Å²) in [7, 11) is 1.86. The maximum Gasteiger partial charge on any atom is 0.253 e. The van der Waals surface area contributed by atoms with Gasteiger partial charge in [0.2, 0.25) is 11.8 Å². The molecule has 170 valence electrons. The van der Waals surface area contributed by atoms with E-state index in [-0.39, 0.29) is 29.7 Å². The molecule has 2 saturated heterocycles. The molecular formula is C24H36N4O3. The molecule has 0 N–H and O–H groups in total. The first-order chi connectivity index (χ1) is 14.9. The first-order valence-electron chi connectivity index (χ1n) is 11.5. The Balaban J connectivity index is 1.45. The molecule has 0 radical (unpaired) electrons. The zero-order valence-electron chi connectivity index (χ0n) is 19.1. The lowest BCUT2D eigenvalue weighted by molar-refractivity contribution is -0.141. The van der Waals surface area contributed by atoms with Crippen LogP contribution >= 0.6 is 0 Å². The van der Waals surface area contributed by atoms with Gasteiger partial charge >= 0.3 is 0 Å². The van der Waals surface area contributed by atoms with Crippen LogP contribution in [0.5, 0.6) is 0 Å². The van der Waals surface area contributed by atoms with Gasteiger partial charge in [-0.2, -0.15) is 0 Å². The minimum Gasteiger partial charge on any atom is -0.343 e. The number of likely N-dealkylation sites (tertiary alicyclic amines) is 1. The number of hydrogen-bond donors (Lipinski definition) is 0. The Labute approximate surface area is 186 Å². The van der Waals surface area contributed by atoms with E-state index in [2.05, 4.69) is 4.90 Å². The largest absolute Gasteiger partial charge is 0.343 e. The molecule has 3 rings (SSSR count). The van der Waals surface area contributed by atoms with Gasteiger partial charge < -0.3 is 14.7 Å². The first-order valence-corrected chi connectivity index (χ1v) is 11.5. The monoisotopic (exact) mass is 428 g/mol. The molecule has 31 heavy (non-hydrogen) atoms. The van der Waals surface area contributed by atoms with Crippen molar-refractivity contribution in [2.24, 2.45) is 5.92 Å². The lowest BCUT2D eigenvalue weighted by Crippen LogP contribution is -2.48. The van der Waals surface area contributed by atoms with Crippen molar-refractivity contribution in [3.8, 4) is 0 Å². The van der Waals surface area contributed by atoms with Gasteiger partial charge in [-0.05, 0) is 45.2 Å². The summed E-state index contributed by atoms with van der Waals surface area (Å²) in [5.41, 5.74) is 0.715. The van der Waals surface area contributed by atoms with E-state index < -0.39 is 0 Å². The molecule has 1 aromatic rings. The maximum absolute atomic E-state index is 12.8. The number of hydrogen-bond acceptors (Lipinski definition) is 4.